The summed E-state index contributed by atoms with van der Waals surface area (Å²) in [5, 5.41) is 9.64. The zero-order valence-electron chi connectivity index (χ0n) is 13.6. The van der Waals surface area contributed by atoms with E-state index < -0.39 is 0 Å². The van der Waals surface area contributed by atoms with Crippen LogP contribution in [0.25, 0.3) is 6.08 Å². The molecule has 0 aromatic heterocycles. The van der Waals surface area contributed by atoms with Crippen LogP contribution < -0.4 is 14.4 Å². The molecule has 0 saturated carbocycles. The first kappa shape index (κ1) is 17.3. The number of phenols is 1. The molecule has 0 unspecified atom stereocenters. The molecule has 5 nitrogen and oxygen atoms in total. The Hall–Kier alpha value is -2.51. The zero-order chi connectivity index (χ0) is 18.0. The van der Waals surface area contributed by atoms with Crippen LogP contribution in [0.15, 0.2) is 47.4 Å². The summed E-state index contributed by atoms with van der Waals surface area (Å²) in [5.74, 6) is 0.961. The van der Waals surface area contributed by atoms with E-state index in [1.807, 2.05) is 12.1 Å². The number of para-hydroxylation sites is 1. The Bertz CT molecular complexity index is 879. The lowest BCUT2D eigenvalue weighted by molar-refractivity contribution is -0.113. The molecule has 1 amide bonds. The van der Waals surface area contributed by atoms with Gasteiger partial charge in [-0.15, -0.1) is 0 Å². The van der Waals surface area contributed by atoms with Crippen molar-refractivity contribution < 1.29 is 19.4 Å². The number of anilines is 1. The molecule has 1 aliphatic rings. The van der Waals surface area contributed by atoms with E-state index in [9.17, 15) is 9.90 Å². The standard InChI is InChI=1S/C18H15NO4S2/c1-22-14-8-3-5-11(16(14)23-2)9-15-17(21)19(18(24)25-15)12-6-4-7-13(20)10-12/h3-10,20H,1-2H3. The Morgan fingerprint density at radius 3 is 2.60 bits per heavy atom. The number of rotatable bonds is 4. The van der Waals surface area contributed by atoms with E-state index >= 15 is 0 Å². The van der Waals surface area contributed by atoms with Crippen molar-refractivity contribution in [3.05, 3.63) is 52.9 Å². The number of aromatic hydroxyl groups is 1. The molecule has 1 N–H and O–H groups in total. The predicted octanol–water partition coefficient (Wildman–Crippen LogP) is 3.82. The summed E-state index contributed by atoms with van der Waals surface area (Å²) in [5.41, 5.74) is 1.25. The van der Waals surface area contributed by atoms with Crippen molar-refractivity contribution in [1.29, 1.82) is 0 Å². The van der Waals surface area contributed by atoms with Gasteiger partial charge in [-0.1, -0.05) is 42.2 Å². The van der Waals surface area contributed by atoms with Gasteiger partial charge in [-0.25, -0.2) is 0 Å². The summed E-state index contributed by atoms with van der Waals surface area (Å²) < 4.78 is 11.1. The smallest absolute Gasteiger partial charge is 0.270 e. The lowest BCUT2D eigenvalue weighted by atomic mass is 10.1. The molecule has 7 heteroatoms. The fourth-order valence-electron chi connectivity index (χ4n) is 2.49. The van der Waals surface area contributed by atoms with Crippen molar-refractivity contribution in [2.45, 2.75) is 0 Å². The second-order valence-electron chi connectivity index (χ2n) is 5.12. The molecule has 0 spiro atoms. The zero-order valence-corrected chi connectivity index (χ0v) is 15.2. The number of phenolic OH excluding ortho intramolecular Hbond substituents is 1. The number of amides is 1. The number of carbonyl (C=O) groups excluding carboxylic acids is 1. The fourth-order valence-corrected chi connectivity index (χ4v) is 3.78. The minimum atomic E-state index is -0.245. The molecule has 1 fully saturated rings. The van der Waals surface area contributed by atoms with Crippen molar-refractivity contribution in [2.75, 3.05) is 19.1 Å². The second-order valence-corrected chi connectivity index (χ2v) is 6.80. The van der Waals surface area contributed by atoms with Gasteiger partial charge in [0.2, 0.25) is 0 Å². The van der Waals surface area contributed by atoms with Crippen LogP contribution in [0.2, 0.25) is 0 Å². The van der Waals surface area contributed by atoms with E-state index in [1.54, 1.807) is 38.5 Å². The van der Waals surface area contributed by atoms with E-state index in [2.05, 4.69) is 0 Å². The molecule has 1 saturated heterocycles. The Labute approximate surface area is 154 Å². The molecular weight excluding hydrogens is 358 g/mol. The number of benzene rings is 2. The van der Waals surface area contributed by atoms with E-state index in [-0.39, 0.29) is 11.7 Å². The number of nitrogens with zero attached hydrogens (tertiary/aromatic N) is 1. The van der Waals surface area contributed by atoms with Gasteiger partial charge < -0.3 is 14.6 Å². The third-order valence-corrected chi connectivity index (χ3v) is 4.90. The highest BCUT2D eigenvalue weighted by Crippen LogP contribution is 2.39. The predicted molar refractivity (Wildman–Crippen MR) is 103 cm³/mol. The first-order valence-corrected chi connectivity index (χ1v) is 8.55. The van der Waals surface area contributed by atoms with Crippen molar-refractivity contribution in [1.82, 2.24) is 0 Å². The monoisotopic (exact) mass is 373 g/mol. The minimum absolute atomic E-state index is 0.0741. The normalized spacial score (nSPS) is 15.8. The number of thioether (sulfide) groups is 1. The summed E-state index contributed by atoms with van der Waals surface area (Å²) in [6.45, 7) is 0. The van der Waals surface area contributed by atoms with Gasteiger partial charge in [-0.05, 0) is 24.3 Å². The Balaban J connectivity index is 1.99. The Morgan fingerprint density at radius 2 is 1.92 bits per heavy atom. The number of ether oxygens (including phenoxy) is 2. The summed E-state index contributed by atoms with van der Waals surface area (Å²) in [4.78, 5) is 14.7. The quantitative estimate of drug-likeness (QED) is 0.650. The maximum atomic E-state index is 12.8. The van der Waals surface area contributed by atoms with Crippen LogP contribution in [0.4, 0.5) is 5.69 Å². The van der Waals surface area contributed by atoms with Gasteiger partial charge in [0.15, 0.2) is 15.8 Å². The van der Waals surface area contributed by atoms with Crippen molar-refractivity contribution in [2.24, 2.45) is 0 Å². The molecular formula is C18H15NO4S2. The van der Waals surface area contributed by atoms with Crippen molar-refractivity contribution in [3.8, 4) is 17.2 Å². The molecule has 2 aromatic rings. The van der Waals surface area contributed by atoms with Crippen LogP contribution in [0.1, 0.15) is 5.56 Å². The lowest BCUT2D eigenvalue weighted by Gasteiger charge is -2.14. The summed E-state index contributed by atoms with van der Waals surface area (Å²) in [6.07, 6.45) is 1.73. The number of carbonyl (C=O) groups is 1. The van der Waals surface area contributed by atoms with E-state index in [1.165, 1.54) is 28.8 Å². The summed E-state index contributed by atoms with van der Waals surface area (Å²) in [7, 11) is 3.11. The SMILES string of the molecule is COc1cccc(C=C2SC(=S)N(c3cccc(O)c3)C2=O)c1OC. The first-order valence-electron chi connectivity index (χ1n) is 7.33. The number of hydrogen-bond donors (Lipinski definition) is 1. The largest absolute Gasteiger partial charge is 0.508 e. The highest BCUT2D eigenvalue weighted by Gasteiger charge is 2.33. The summed E-state index contributed by atoms with van der Waals surface area (Å²) in [6, 6.07) is 11.9. The van der Waals surface area contributed by atoms with Crippen LogP contribution in [0.5, 0.6) is 17.2 Å². The van der Waals surface area contributed by atoms with Gasteiger partial charge in [-0.2, -0.15) is 0 Å². The Kier molecular flexibility index (Phi) is 4.96. The minimum Gasteiger partial charge on any atom is -0.508 e. The number of thiocarbonyl (C=S) groups is 1. The van der Waals surface area contributed by atoms with Gasteiger partial charge in [0.25, 0.3) is 5.91 Å². The maximum Gasteiger partial charge on any atom is 0.270 e. The van der Waals surface area contributed by atoms with Crippen LogP contribution in [0, 0.1) is 0 Å². The van der Waals surface area contributed by atoms with Gasteiger partial charge in [0, 0.05) is 11.6 Å². The molecule has 1 heterocycles. The lowest BCUT2D eigenvalue weighted by Crippen LogP contribution is -2.27. The average molecular weight is 373 g/mol. The summed E-state index contributed by atoms with van der Waals surface area (Å²) >= 11 is 6.54. The highest BCUT2D eigenvalue weighted by atomic mass is 32.2. The van der Waals surface area contributed by atoms with Crippen LogP contribution in [0.3, 0.4) is 0 Å². The molecule has 2 aromatic carbocycles. The van der Waals surface area contributed by atoms with Gasteiger partial charge in [0.1, 0.15) is 5.75 Å². The van der Waals surface area contributed by atoms with Crippen molar-refractivity contribution >= 4 is 46.0 Å². The second kappa shape index (κ2) is 7.16. The highest BCUT2D eigenvalue weighted by molar-refractivity contribution is 8.27. The topological polar surface area (TPSA) is 59.0 Å². The van der Waals surface area contributed by atoms with Gasteiger partial charge in [0.05, 0.1) is 24.8 Å². The Morgan fingerprint density at radius 1 is 1.16 bits per heavy atom. The molecule has 25 heavy (non-hydrogen) atoms. The third-order valence-electron chi connectivity index (χ3n) is 3.60. The fraction of sp³-hybridized carbons (Fsp3) is 0.111. The van der Waals surface area contributed by atoms with Gasteiger partial charge >= 0.3 is 0 Å². The van der Waals surface area contributed by atoms with E-state index in [4.69, 9.17) is 21.7 Å². The van der Waals surface area contributed by atoms with E-state index in [0.717, 1.165) is 5.56 Å². The van der Waals surface area contributed by atoms with Crippen LogP contribution in [-0.2, 0) is 4.79 Å². The number of methoxy groups -OCH3 is 2. The van der Waals surface area contributed by atoms with Gasteiger partial charge in [-0.3, -0.25) is 9.69 Å². The number of hydrogen-bond acceptors (Lipinski definition) is 6. The molecule has 0 radical (unpaired) electrons. The first-order chi connectivity index (χ1) is 12.0. The maximum absolute atomic E-state index is 12.8. The van der Waals surface area contributed by atoms with Crippen LogP contribution >= 0.6 is 24.0 Å². The molecule has 3 rings (SSSR count). The van der Waals surface area contributed by atoms with Crippen LogP contribution in [-0.4, -0.2) is 29.6 Å². The van der Waals surface area contributed by atoms with Crippen molar-refractivity contribution in [3.63, 3.8) is 0 Å². The molecule has 0 aliphatic carbocycles. The molecule has 128 valence electrons. The molecule has 0 atom stereocenters. The average Bonchev–Trinajstić information content (AvgIpc) is 2.88. The molecule has 1 aliphatic heterocycles. The third kappa shape index (κ3) is 3.33. The molecule has 0 bridgehead atoms. The van der Waals surface area contributed by atoms with E-state index in [0.29, 0.717) is 26.4 Å².